The van der Waals surface area contributed by atoms with E-state index in [1.807, 2.05) is 0 Å². The Hall–Kier alpha value is -1.13. The fourth-order valence-corrected chi connectivity index (χ4v) is 0.996. The summed E-state index contributed by atoms with van der Waals surface area (Å²) >= 11 is 0. The molecule has 0 amide bonds. The van der Waals surface area contributed by atoms with E-state index >= 15 is 0 Å². The van der Waals surface area contributed by atoms with Crippen molar-refractivity contribution in [2.24, 2.45) is 0 Å². The summed E-state index contributed by atoms with van der Waals surface area (Å²) in [6.45, 7) is 0.0765. The van der Waals surface area contributed by atoms with Crippen LogP contribution >= 0.6 is 0 Å². The average molecular weight is 200 g/mol. The molecule has 0 atom stereocenters. The predicted octanol–water partition coefficient (Wildman–Crippen LogP) is 2.67. The Morgan fingerprint density at radius 2 is 1.86 bits per heavy atom. The van der Waals surface area contributed by atoms with Crippen LogP contribution in [0.25, 0.3) is 0 Å². The van der Waals surface area contributed by atoms with Gasteiger partial charge in [-0.15, -0.1) is 0 Å². The predicted molar refractivity (Wildman–Crippen MR) is 47.5 cm³/mol. The van der Waals surface area contributed by atoms with Crippen molar-refractivity contribution in [1.29, 1.82) is 0 Å². The van der Waals surface area contributed by atoms with Crippen molar-refractivity contribution in [3.8, 4) is 5.75 Å². The molecular formula is C9H8BF3O. The van der Waals surface area contributed by atoms with Gasteiger partial charge in [0.15, 0.2) is 0 Å². The Kier molecular flexibility index (Phi) is 3.44. The molecule has 5 heteroatoms. The molecule has 1 aromatic carbocycles. The zero-order valence-corrected chi connectivity index (χ0v) is 7.34. The summed E-state index contributed by atoms with van der Waals surface area (Å²) in [4.78, 5) is 0. The highest BCUT2D eigenvalue weighted by molar-refractivity contribution is 6.08. The van der Waals surface area contributed by atoms with Gasteiger partial charge in [0.25, 0.3) is 0 Å². The molecular weight excluding hydrogens is 192 g/mol. The van der Waals surface area contributed by atoms with Crippen LogP contribution in [-0.2, 0) is 6.18 Å². The van der Waals surface area contributed by atoms with Crippen LogP contribution in [0.3, 0.4) is 0 Å². The zero-order chi connectivity index (χ0) is 10.6. The summed E-state index contributed by atoms with van der Waals surface area (Å²) in [7, 11) is 5.13. The van der Waals surface area contributed by atoms with Crippen LogP contribution < -0.4 is 4.74 Å². The smallest absolute Gasteiger partial charge is 0.419 e. The average Bonchev–Trinajstić information content (AvgIpc) is 2.14. The first-order chi connectivity index (χ1) is 6.55. The van der Waals surface area contributed by atoms with Gasteiger partial charge >= 0.3 is 6.18 Å². The van der Waals surface area contributed by atoms with Gasteiger partial charge in [-0.3, -0.25) is 0 Å². The van der Waals surface area contributed by atoms with Crippen LogP contribution in [0.1, 0.15) is 5.56 Å². The van der Waals surface area contributed by atoms with E-state index in [2.05, 4.69) is 0 Å². The molecule has 0 bridgehead atoms. The standard InChI is InChI=1S/C9H8BF3O/c10-5-6-14-8-4-2-1-3-7(8)9(11,12)13/h1-4H,5-6H2. The molecule has 2 radical (unpaired) electrons. The van der Waals surface area contributed by atoms with E-state index in [4.69, 9.17) is 12.6 Å². The van der Waals surface area contributed by atoms with Gasteiger partial charge in [0, 0.05) is 0 Å². The second kappa shape index (κ2) is 4.40. The van der Waals surface area contributed by atoms with Crippen molar-refractivity contribution in [2.45, 2.75) is 12.5 Å². The fourth-order valence-electron chi connectivity index (χ4n) is 0.996. The molecule has 0 saturated carbocycles. The molecule has 0 N–H and O–H groups in total. The van der Waals surface area contributed by atoms with Gasteiger partial charge in [-0.25, -0.2) is 0 Å². The number of alkyl halides is 3. The number of hydrogen-bond donors (Lipinski definition) is 0. The lowest BCUT2D eigenvalue weighted by Gasteiger charge is -2.12. The lowest BCUT2D eigenvalue weighted by Crippen LogP contribution is -2.08. The van der Waals surface area contributed by atoms with Crippen molar-refractivity contribution < 1.29 is 17.9 Å². The molecule has 0 unspecified atom stereocenters. The maximum absolute atomic E-state index is 12.4. The minimum absolute atomic E-state index is 0.0765. The monoisotopic (exact) mass is 200 g/mol. The molecule has 0 spiro atoms. The van der Waals surface area contributed by atoms with Gasteiger partial charge in [-0.1, -0.05) is 18.5 Å². The molecule has 0 saturated heterocycles. The third kappa shape index (κ3) is 2.68. The summed E-state index contributed by atoms with van der Waals surface area (Å²) in [6.07, 6.45) is -4.20. The van der Waals surface area contributed by atoms with E-state index in [0.29, 0.717) is 0 Å². The first-order valence-electron chi connectivity index (χ1n) is 4.05. The van der Waals surface area contributed by atoms with Gasteiger partial charge in [-0.2, -0.15) is 13.2 Å². The molecule has 1 nitrogen and oxygen atoms in total. The van der Waals surface area contributed by atoms with Crippen LogP contribution in [0.15, 0.2) is 24.3 Å². The SMILES string of the molecule is [B]CCOc1ccccc1C(F)(F)F. The normalized spacial score (nSPS) is 11.4. The highest BCUT2D eigenvalue weighted by Gasteiger charge is 2.33. The summed E-state index contributed by atoms with van der Waals surface area (Å²) in [5, 5.41) is 0. The third-order valence-corrected chi connectivity index (χ3v) is 1.57. The van der Waals surface area contributed by atoms with Crippen molar-refractivity contribution in [3.05, 3.63) is 29.8 Å². The highest BCUT2D eigenvalue weighted by Crippen LogP contribution is 2.35. The Balaban J connectivity index is 2.92. The Labute approximate surface area is 81.3 Å². The number of rotatable bonds is 3. The summed E-state index contributed by atoms with van der Waals surface area (Å²) in [6, 6.07) is 5.06. The number of benzene rings is 1. The van der Waals surface area contributed by atoms with E-state index < -0.39 is 11.7 Å². The molecule has 0 aliphatic carbocycles. The Bertz CT molecular complexity index is 298. The largest absolute Gasteiger partial charge is 0.494 e. The number of para-hydroxylation sites is 1. The van der Waals surface area contributed by atoms with E-state index in [1.165, 1.54) is 18.2 Å². The van der Waals surface area contributed by atoms with Gasteiger partial charge in [-0.05, 0) is 12.1 Å². The fraction of sp³-hybridized carbons (Fsp3) is 0.333. The second-order valence-corrected chi connectivity index (χ2v) is 2.63. The Morgan fingerprint density at radius 1 is 1.21 bits per heavy atom. The highest BCUT2D eigenvalue weighted by atomic mass is 19.4. The van der Waals surface area contributed by atoms with Gasteiger partial charge in [0.2, 0.25) is 0 Å². The molecule has 1 rings (SSSR count). The first kappa shape index (κ1) is 11.0. The van der Waals surface area contributed by atoms with Crippen LogP contribution in [0.2, 0.25) is 6.32 Å². The zero-order valence-electron chi connectivity index (χ0n) is 7.34. The van der Waals surface area contributed by atoms with E-state index in [9.17, 15) is 13.2 Å². The van der Waals surface area contributed by atoms with Crippen LogP contribution in [0.4, 0.5) is 13.2 Å². The maximum atomic E-state index is 12.4. The minimum atomic E-state index is -4.38. The molecule has 0 aliphatic rings. The molecule has 0 heterocycles. The van der Waals surface area contributed by atoms with Crippen molar-refractivity contribution >= 4 is 7.85 Å². The van der Waals surface area contributed by atoms with Gasteiger partial charge < -0.3 is 4.74 Å². The van der Waals surface area contributed by atoms with Crippen molar-refractivity contribution in [3.63, 3.8) is 0 Å². The molecule has 14 heavy (non-hydrogen) atoms. The van der Waals surface area contributed by atoms with Crippen LogP contribution in [-0.4, -0.2) is 14.5 Å². The number of ether oxygens (including phenoxy) is 1. The lowest BCUT2D eigenvalue weighted by atomic mass is 10.1. The molecule has 0 fully saturated rings. The number of hydrogen-bond acceptors (Lipinski definition) is 1. The van der Waals surface area contributed by atoms with Crippen molar-refractivity contribution in [1.82, 2.24) is 0 Å². The van der Waals surface area contributed by atoms with E-state index in [1.54, 1.807) is 0 Å². The summed E-state index contributed by atoms with van der Waals surface area (Å²) in [5.74, 6) is -0.176. The minimum Gasteiger partial charge on any atom is -0.494 e. The topological polar surface area (TPSA) is 9.23 Å². The van der Waals surface area contributed by atoms with E-state index in [-0.39, 0.29) is 18.7 Å². The van der Waals surface area contributed by atoms with Gasteiger partial charge in [0.05, 0.1) is 20.0 Å². The Morgan fingerprint density at radius 3 is 2.43 bits per heavy atom. The summed E-state index contributed by atoms with van der Waals surface area (Å²) < 4.78 is 42.0. The second-order valence-electron chi connectivity index (χ2n) is 2.63. The number of halogens is 3. The quantitative estimate of drug-likeness (QED) is 0.681. The third-order valence-electron chi connectivity index (χ3n) is 1.57. The van der Waals surface area contributed by atoms with Gasteiger partial charge in [0.1, 0.15) is 5.75 Å². The van der Waals surface area contributed by atoms with Crippen LogP contribution in [0, 0.1) is 0 Å². The molecule has 0 aliphatic heterocycles. The van der Waals surface area contributed by atoms with Crippen molar-refractivity contribution in [2.75, 3.05) is 6.61 Å². The van der Waals surface area contributed by atoms with E-state index in [0.717, 1.165) is 6.07 Å². The maximum Gasteiger partial charge on any atom is 0.419 e. The lowest BCUT2D eigenvalue weighted by molar-refractivity contribution is -0.138. The van der Waals surface area contributed by atoms with Crippen LogP contribution in [0.5, 0.6) is 5.75 Å². The molecule has 74 valence electrons. The summed E-state index contributed by atoms with van der Waals surface area (Å²) in [5.41, 5.74) is -0.770. The molecule has 1 aromatic rings. The first-order valence-corrected chi connectivity index (χ1v) is 4.05. The molecule has 0 aromatic heterocycles.